The van der Waals surface area contributed by atoms with Crippen molar-refractivity contribution in [2.75, 3.05) is 19.7 Å². The van der Waals surface area contributed by atoms with Gasteiger partial charge in [0.25, 0.3) is 0 Å². The summed E-state index contributed by atoms with van der Waals surface area (Å²) in [4.78, 5) is 13.7. The van der Waals surface area contributed by atoms with Gasteiger partial charge in [0.15, 0.2) is 0 Å². The highest BCUT2D eigenvalue weighted by atomic mass is 19.1. The third-order valence-corrected chi connectivity index (χ3v) is 6.07. The number of halogens is 1. The van der Waals surface area contributed by atoms with Gasteiger partial charge in [-0.1, -0.05) is 0 Å². The number of nitrogens with one attached hydrogen (secondary N) is 1. The van der Waals surface area contributed by atoms with E-state index in [1.54, 1.807) is 0 Å². The molecule has 2 N–H and O–H groups in total. The van der Waals surface area contributed by atoms with E-state index < -0.39 is 12.2 Å². The molecule has 22 heavy (non-hydrogen) atoms. The van der Waals surface area contributed by atoms with E-state index in [0.29, 0.717) is 0 Å². The molecule has 0 radical (unpaired) electrons. The number of hydrogen-bond donors (Lipinski definition) is 2. The summed E-state index contributed by atoms with van der Waals surface area (Å²) < 4.78 is 13.4. The summed E-state index contributed by atoms with van der Waals surface area (Å²) in [6.07, 6.45) is 5.00. The maximum Gasteiger partial charge on any atom is 0.237 e. The quantitative estimate of drug-likeness (QED) is 0.816. The minimum absolute atomic E-state index is 0.0104. The first kappa shape index (κ1) is 15.7. The molecular formula is C16H24FN3O2. The lowest BCUT2D eigenvalue weighted by Gasteiger charge is -2.53. The second-order valence-electron chi connectivity index (χ2n) is 7.32. The van der Waals surface area contributed by atoms with Crippen molar-refractivity contribution in [3.8, 4) is 6.07 Å². The van der Waals surface area contributed by atoms with Crippen LogP contribution in [0.4, 0.5) is 4.39 Å². The molecule has 4 aliphatic rings. The number of aliphatic hydroxyl groups excluding tert-OH is 1. The second-order valence-corrected chi connectivity index (χ2v) is 7.32. The number of alkyl halides is 1. The molecule has 0 aromatic carbocycles. The lowest BCUT2D eigenvalue weighted by molar-refractivity contribution is -0.131. The number of hydrogen-bond acceptors (Lipinski definition) is 4. The molecule has 0 aromatic rings. The lowest BCUT2D eigenvalue weighted by Crippen LogP contribution is -2.57. The number of nitriles is 1. The van der Waals surface area contributed by atoms with Gasteiger partial charge in [0.05, 0.1) is 19.2 Å². The molecule has 3 saturated carbocycles. The van der Waals surface area contributed by atoms with Crippen LogP contribution in [-0.4, -0.2) is 53.4 Å². The Hall–Kier alpha value is -1.19. The van der Waals surface area contributed by atoms with Crippen molar-refractivity contribution in [3.05, 3.63) is 0 Å². The Balaban J connectivity index is 1.55. The van der Waals surface area contributed by atoms with Crippen LogP contribution in [0.25, 0.3) is 0 Å². The van der Waals surface area contributed by atoms with Gasteiger partial charge in [0, 0.05) is 18.6 Å². The van der Waals surface area contributed by atoms with E-state index in [9.17, 15) is 14.3 Å². The highest BCUT2D eigenvalue weighted by molar-refractivity contribution is 5.79. The van der Waals surface area contributed by atoms with Gasteiger partial charge in [-0.05, 0) is 43.9 Å². The van der Waals surface area contributed by atoms with Crippen LogP contribution in [0, 0.1) is 16.7 Å². The van der Waals surface area contributed by atoms with Crippen LogP contribution in [0.2, 0.25) is 0 Å². The molecule has 4 fully saturated rings. The Morgan fingerprint density at radius 3 is 2.50 bits per heavy atom. The summed E-state index contributed by atoms with van der Waals surface area (Å²) in [5.74, 6) is -0.175. The molecule has 1 aliphatic heterocycles. The number of likely N-dealkylation sites (tertiary alicyclic amines) is 1. The van der Waals surface area contributed by atoms with E-state index >= 15 is 0 Å². The van der Waals surface area contributed by atoms with Gasteiger partial charge in [0.2, 0.25) is 5.91 Å². The minimum Gasteiger partial charge on any atom is -0.396 e. The molecule has 3 aliphatic carbocycles. The van der Waals surface area contributed by atoms with E-state index in [1.165, 1.54) is 4.90 Å². The van der Waals surface area contributed by atoms with Gasteiger partial charge in [0.1, 0.15) is 12.2 Å². The van der Waals surface area contributed by atoms with Gasteiger partial charge < -0.3 is 15.3 Å². The van der Waals surface area contributed by atoms with Crippen LogP contribution in [0.1, 0.15) is 44.9 Å². The Morgan fingerprint density at radius 1 is 1.32 bits per heavy atom. The van der Waals surface area contributed by atoms with Crippen molar-refractivity contribution >= 4 is 5.91 Å². The number of amides is 1. The van der Waals surface area contributed by atoms with Crippen molar-refractivity contribution in [2.24, 2.45) is 5.41 Å². The number of aliphatic hydroxyl groups is 1. The first-order valence-electron chi connectivity index (χ1n) is 8.21. The molecule has 1 amide bonds. The smallest absolute Gasteiger partial charge is 0.237 e. The van der Waals surface area contributed by atoms with Gasteiger partial charge >= 0.3 is 0 Å². The van der Waals surface area contributed by atoms with Crippen molar-refractivity contribution in [1.29, 1.82) is 5.26 Å². The van der Waals surface area contributed by atoms with E-state index in [-0.39, 0.29) is 43.0 Å². The first-order chi connectivity index (χ1) is 10.5. The topological polar surface area (TPSA) is 76.4 Å². The molecule has 1 saturated heterocycles. The van der Waals surface area contributed by atoms with E-state index in [1.807, 2.05) is 6.07 Å². The van der Waals surface area contributed by atoms with Crippen LogP contribution in [0.15, 0.2) is 0 Å². The average Bonchev–Trinajstić information content (AvgIpc) is 2.95. The van der Waals surface area contributed by atoms with Crippen LogP contribution in [0.3, 0.4) is 0 Å². The van der Waals surface area contributed by atoms with Crippen molar-refractivity contribution in [2.45, 2.75) is 62.7 Å². The summed E-state index contributed by atoms with van der Waals surface area (Å²) in [5, 5.41) is 22.0. The zero-order valence-corrected chi connectivity index (χ0v) is 12.9. The fraction of sp³-hybridized carbons (Fsp3) is 0.875. The predicted octanol–water partition coefficient (Wildman–Crippen LogP) is 1.12. The standard InChI is InChI=1S/C16H24FN3O2/c17-12-7-13(8-18)20(10-12)14(22)9-19-16-4-1-15(11-21,2-5-16)3-6-16/h12-13,19,21H,1-7,9-11H2/t12-,13-,15?,16?/m0/s1. The maximum absolute atomic E-state index is 13.4. The molecule has 0 aromatic heterocycles. The molecular weight excluding hydrogens is 285 g/mol. The fourth-order valence-electron chi connectivity index (χ4n) is 4.31. The first-order valence-corrected chi connectivity index (χ1v) is 8.21. The Morgan fingerprint density at radius 2 is 1.95 bits per heavy atom. The monoisotopic (exact) mass is 309 g/mol. The molecule has 4 rings (SSSR count). The van der Waals surface area contributed by atoms with Crippen LogP contribution in [0.5, 0.6) is 0 Å². The zero-order valence-electron chi connectivity index (χ0n) is 12.9. The van der Waals surface area contributed by atoms with E-state index in [4.69, 9.17) is 5.26 Å². The molecule has 0 unspecified atom stereocenters. The summed E-state index contributed by atoms with van der Waals surface area (Å²) in [6, 6.07) is 1.39. The Labute approximate surface area is 130 Å². The van der Waals surface area contributed by atoms with Crippen LogP contribution in [-0.2, 0) is 4.79 Å². The predicted molar refractivity (Wildman–Crippen MR) is 78.6 cm³/mol. The molecule has 0 spiro atoms. The Bertz CT molecular complexity index is 466. The van der Waals surface area contributed by atoms with E-state index in [2.05, 4.69) is 5.32 Å². The van der Waals surface area contributed by atoms with Crippen molar-refractivity contribution in [1.82, 2.24) is 10.2 Å². The van der Waals surface area contributed by atoms with Gasteiger partial charge in [-0.3, -0.25) is 4.79 Å². The lowest BCUT2D eigenvalue weighted by atomic mass is 9.57. The maximum atomic E-state index is 13.4. The highest BCUT2D eigenvalue weighted by Crippen LogP contribution is 2.51. The molecule has 2 bridgehead atoms. The molecule has 122 valence electrons. The van der Waals surface area contributed by atoms with E-state index in [0.717, 1.165) is 38.5 Å². The SMILES string of the molecule is N#C[C@@H]1C[C@H](F)CN1C(=O)CNC12CCC(CO)(CC1)CC2. The highest BCUT2D eigenvalue weighted by Gasteiger charge is 2.48. The fourth-order valence-corrected chi connectivity index (χ4v) is 4.31. The van der Waals surface area contributed by atoms with Crippen molar-refractivity contribution in [3.63, 3.8) is 0 Å². The Kier molecular flexibility index (Phi) is 4.13. The molecule has 5 nitrogen and oxygen atoms in total. The van der Waals surface area contributed by atoms with Gasteiger partial charge in [-0.15, -0.1) is 0 Å². The largest absolute Gasteiger partial charge is 0.396 e. The van der Waals surface area contributed by atoms with Gasteiger partial charge in [-0.2, -0.15) is 5.26 Å². The summed E-state index contributed by atoms with van der Waals surface area (Å²) >= 11 is 0. The van der Waals surface area contributed by atoms with Crippen LogP contribution >= 0.6 is 0 Å². The minimum atomic E-state index is -1.08. The zero-order chi connectivity index (χ0) is 15.8. The summed E-state index contributed by atoms with van der Waals surface area (Å²) in [7, 11) is 0. The average molecular weight is 309 g/mol. The number of carbonyl (C=O) groups excluding carboxylic acids is 1. The molecule has 6 heteroatoms. The number of nitrogens with zero attached hydrogens (tertiary/aromatic N) is 2. The number of carbonyl (C=O) groups is 1. The second kappa shape index (κ2) is 5.78. The normalized spacial score (nSPS) is 40.7. The molecule has 1 heterocycles. The number of fused-ring (bicyclic) bond motifs is 3. The van der Waals surface area contributed by atoms with Crippen LogP contribution < -0.4 is 5.32 Å². The molecule has 2 atom stereocenters. The van der Waals surface area contributed by atoms with Crippen molar-refractivity contribution < 1.29 is 14.3 Å². The summed E-state index contributed by atoms with van der Waals surface area (Å²) in [6.45, 7) is 0.480. The third-order valence-electron chi connectivity index (χ3n) is 6.07. The number of rotatable bonds is 4. The van der Waals surface area contributed by atoms with Gasteiger partial charge in [-0.25, -0.2) is 4.39 Å². The third kappa shape index (κ3) is 2.72. The summed E-state index contributed by atoms with van der Waals surface area (Å²) in [5.41, 5.74) is 0.0965.